The van der Waals surface area contributed by atoms with Crippen LogP contribution in [0.4, 0.5) is 0 Å². The maximum atomic E-state index is 12.3. The van der Waals surface area contributed by atoms with E-state index in [0.717, 1.165) is 31.2 Å². The van der Waals surface area contributed by atoms with Crippen LogP contribution < -0.4 is 5.32 Å². The first-order chi connectivity index (χ1) is 10.8. The van der Waals surface area contributed by atoms with E-state index < -0.39 is 0 Å². The van der Waals surface area contributed by atoms with E-state index >= 15 is 0 Å². The van der Waals surface area contributed by atoms with Crippen LogP contribution in [0.5, 0.6) is 0 Å². The molecule has 1 fully saturated rings. The molecule has 1 amide bonds. The minimum Gasteiger partial charge on any atom is -0.381 e. The van der Waals surface area contributed by atoms with Crippen LogP contribution in [-0.4, -0.2) is 25.2 Å². The Kier molecular flexibility index (Phi) is 4.74. The standard InChI is InChI=1S/C19H23NO2/c1-22-17-11-9-16(10-12-17)20-19(21)13-15-7-4-6-14-5-2-3-8-18(14)15/h2-8,16-17H,9-13H2,1H3,(H,20,21). The molecule has 0 aliphatic heterocycles. The number of nitrogens with one attached hydrogen (secondary N) is 1. The van der Waals surface area contributed by atoms with Crippen molar-refractivity contribution in [3.8, 4) is 0 Å². The molecule has 0 saturated heterocycles. The van der Waals surface area contributed by atoms with Gasteiger partial charge in [0.1, 0.15) is 0 Å². The highest BCUT2D eigenvalue weighted by Crippen LogP contribution is 2.22. The maximum absolute atomic E-state index is 12.3. The molecule has 1 aliphatic rings. The van der Waals surface area contributed by atoms with Gasteiger partial charge in [0, 0.05) is 13.2 Å². The normalized spacial score (nSPS) is 21.7. The Balaban J connectivity index is 1.62. The van der Waals surface area contributed by atoms with E-state index in [9.17, 15) is 4.79 Å². The molecule has 0 spiro atoms. The number of amides is 1. The molecular formula is C19H23NO2. The molecule has 116 valence electrons. The second-order valence-electron chi connectivity index (χ2n) is 6.09. The summed E-state index contributed by atoms with van der Waals surface area (Å²) >= 11 is 0. The van der Waals surface area contributed by atoms with E-state index in [-0.39, 0.29) is 5.91 Å². The van der Waals surface area contributed by atoms with Crippen LogP contribution >= 0.6 is 0 Å². The number of hydrogen-bond donors (Lipinski definition) is 1. The van der Waals surface area contributed by atoms with Gasteiger partial charge in [-0.2, -0.15) is 0 Å². The van der Waals surface area contributed by atoms with Crippen LogP contribution in [0.25, 0.3) is 10.8 Å². The van der Waals surface area contributed by atoms with E-state index in [1.165, 1.54) is 10.8 Å². The molecule has 3 nitrogen and oxygen atoms in total. The van der Waals surface area contributed by atoms with Gasteiger partial charge in [0.2, 0.25) is 5.91 Å². The Morgan fingerprint density at radius 1 is 1.09 bits per heavy atom. The fourth-order valence-corrected chi connectivity index (χ4v) is 3.34. The van der Waals surface area contributed by atoms with Gasteiger partial charge in [0.05, 0.1) is 12.5 Å². The highest BCUT2D eigenvalue weighted by molar-refractivity contribution is 5.90. The van der Waals surface area contributed by atoms with Crippen LogP contribution in [0.15, 0.2) is 42.5 Å². The largest absolute Gasteiger partial charge is 0.381 e. The SMILES string of the molecule is COC1CCC(NC(=O)Cc2cccc3ccccc23)CC1. The van der Waals surface area contributed by atoms with Crippen molar-refractivity contribution in [2.45, 2.75) is 44.2 Å². The second-order valence-corrected chi connectivity index (χ2v) is 6.09. The Bertz CT molecular complexity index is 639. The molecule has 0 heterocycles. The summed E-state index contributed by atoms with van der Waals surface area (Å²) in [4.78, 5) is 12.3. The summed E-state index contributed by atoms with van der Waals surface area (Å²) in [5.74, 6) is 0.122. The molecule has 0 unspecified atom stereocenters. The summed E-state index contributed by atoms with van der Waals surface area (Å²) in [5.41, 5.74) is 1.10. The van der Waals surface area contributed by atoms with Crippen molar-refractivity contribution in [1.29, 1.82) is 0 Å². The van der Waals surface area contributed by atoms with Crippen molar-refractivity contribution < 1.29 is 9.53 Å². The number of carbonyl (C=O) groups is 1. The van der Waals surface area contributed by atoms with Crippen molar-refractivity contribution in [3.63, 3.8) is 0 Å². The summed E-state index contributed by atoms with van der Waals surface area (Å²) in [6.07, 6.45) is 4.92. The summed E-state index contributed by atoms with van der Waals surface area (Å²) in [5, 5.41) is 5.54. The lowest BCUT2D eigenvalue weighted by atomic mass is 9.92. The van der Waals surface area contributed by atoms with E-state index in [2.05, 4.69) is 23.5 Å². The Hall–Kier alpha value is -1.87. The highest BCUT2D eigenvalue weighted by atomic mass is 16.5. The minimum atomic E-state index is 0.122. The molecule has 22 heavy (non-hydrogen) atoms. The number of benzene rings is 2. The van der Waals surface area contributed by atoms with Crippen LogP contribution in [0.2, 0.25) is 0 Å². The number of fused-ring (bicyclic) bond motifs is 1. The number of rotatable bonds is 4. The van der Waals surface area contributed by atoms with Gasteiger partial charge in [0.25, 0.3) is 0 Å². The molecule has 2 aromatic carbocycles. The highest BCUT2D eigenvalue weighted by Gasteiger charge is 2.22. The van der Waals surface area contributed by atoms with Crippen LogP contribution in [0.1, 0.15) is 31.2 Å². The third kappa shape index (κ3) is 3.47. The van der Waals surface area contributed by atoms with Gasteiger partial charge in [-0.3, -0.25) is 4.79 Å². The number of methoxy groups -OCH3 is 1. The zero-order valence-electron chi connectivity index (χ0n) is 13.0. The van der Waals surface area contributed by atoms with Crippen LogP contribution in [0.3, 0.4) is 0 Å². The fraction of sp³-hybridized carbons (Fsp3) is 0.421. The first kappa shape index (κ1) is 15.0. The topological polar surface area (TPSA) is 38.3 Å². The minimum absolute atomic E-state index is 0.122. The molecule has 1 saturated carbocycles. The summed E-state index contributed by atoms with van der Waals surface area (Å²) in [6.45, 7) is 0. The van der Waals surface area contributed by atoms with Crippen molar-refractivity contribution >= 4 is 16.7 Å². The molecule has 3 rings (SSSR count). The lowest BCUT2D eigenvalue weighted by Gasteiger charge is -2.28. The third-order valence-corrected chi connectivity index (χ3v) is 4.60. The number of carbonyl (C=O) groups excluding carboxylic acids is 1. The van der Waals surface area contributed by atoms with Gasteiger partial charge < -0.3 is 10.1 Å². The van der Waals surface area contributed by atoms with Crippen molar-refractivity contribution in [2.75, 3.05) is 7.11 Å². The third-order valence-electron chi connectivity index (χ3n) is 4.60. The molecule has 3 heteroatoms. The molecule has 1 aliphatic carbocycles. The Morgan fingerprint density at radius 3 is 2.59 bits per heavy atom. The molecular weight excluding hydrogens is 274 g/mol. The summed E-state index contributed by atoms with van der Waals surface area (Å²) in [7, 11) is 1.77. The van der Waals surface area contributed by atoms with Gasteiger partial charge in [-0.25, -0.2) is 0 Å². The van der Waals surface area contributed by atoms with E-state index in [4.69, 9.17) is 4.74 Å². The smallest absolute Gasteiger partial charge is 0.224 e. The van der Waals surface area contributed by atoms with Gasteiger partial charge in [-0.15, -0.1) is 0 Å². The Labute approximate surface area is 131 Å². The fourth-order valence-electron chi connectivity index (χ4n) is 3.34. The lowest BCUT2D eigenvalue weighted by molar-refractivity contribution is -0.121. The van der Waals surface area contributed by atoms with E-state index in [1.54, 1.807) is 7.11 Å². The monoisotopic (exact) mass is 297 g/mol. The van der Waals surface area contributed by atoms with Gasteiger partial charge in [-0.05, 0) is 42.0 Å². The van der Waals surface area contributed by atoms with Crippen molar-refractivity contribution in [1.82, 2.24) is 5.32 Å². The van der Waals surface area contributed by atoms with Crippen LogP contribution in [-0.2, 0) is 16.0 Å². The zero-order chi connectivity index (χ0) is 15.4. The predicted octanol–water partition coefficient (Wildman–Crippen LogP) is 3.46. The van der Waals surface area contributed by atoms with Gasteiger partial charge in [0.15, 0.2) is 0 Å². The lowest BCUT2D eigenvalue weighted by Crippen LogP contribution is -2.39. The average molecular weight is 297 g/mol. The van der Waals surface area contributed by atoms with Gasteiger partial charge >= 0.3 is 0 Å². The van der Waals surface area contributed by atoms with E-state index in [1.807, 2.05) is 24.3 Å². The quantitative estimate of drug-likeness (QED) is 0.938. The summed E-state index contributed by atoms with van der Waals surface area (Å²) in [6, 6.07) is 14.7. The molecule has 0 radical (unpaired) electrons. The van der Waals surface area contributed by atoms with E-state index in [0.29, 0.717) is 18.6 Å². The van der Waals surface area contributed by atoms with Crippen LogP contribution in [0, 0.1) is 0 Å². The average Bonchev–Trinajstić information content (AvgIpc) is 2.56. The molecule has 0 atom stereocenters. The zero-order valence-corrected chi connectivity index (χ0v) is 13.0. The number of hydrogen-bond acceptors (Lipinski definition) is 2. The molecule has 0 aromatic heterocycles. The van der Waals surface area contributed by atoms with Gasteiger partial charge in [-0.1, -0.05) is 42.5 Å². The number of ether oxygens (including phenoxy) is 1. The van der Waals surface area contributed by atoms with Crippen molar-refractivity contribution in [2.24, 2.45) is 0 Å². The molecule has 1 N–H and O–H groups in total. The molecule has 0 bridgehead atoms. The second kappa shape index (κ2) is 6.93. The van der Waals surface area contributed by atoms with Crippen molar-refractivity contribution in [3.05, 3.63) is 48.0 Å². The summed E-state index contributed by atoms with van der Waals surface area (Å²) < 4.78 is 5.38. The predicted molar refractivity (Wildman–Crippen MR) is 88.8 cm³/mol. The maximum Gasteiger partial charge on any atom is 0.224 e. The molecule has 2 aromatic rings. The first-order valence-corrected chi connectivity index (χ1v) is 8.05. The first-order valence-electron chi connectivity index (χ1n) is 8.05. The Morgan fingerprint density at radius 2 is 1.82 bits per heavy atom.